The second-order valence-electron chi connectivity index (χ2n) is 5.72. The number of nitrogens with one attached hydrogen (secondary N) is 1. The van der Waals surface area contributed by atoms with Crippen molar-refractivity contribution in [3.8, 4) is 22.8 Å². The van der Waals surface area contributed by atoms with Crippen molar-refractivity contribution in [1.29, 1.82) is 0 Å². The summed E-state index contributed by atoms with van der Waals surface area (Å²) in [5.74, 6) is -0.515. The molecule has 0 fully saturated rings. The molecule has 154 valence electrons. The zero-order valence-electron chi connectivity index (χ0n) is 15.1. The van der Waals surface area contributed by atoms with Gasteiger partial charge in [0, 0.05) is 11.6 Å². The van der Waals surface area contributed by atoms with Gasteiger partial charge in [0.1, 0.15) is 11.5 Å². The van der Waals surface area contributed by atoms with E-state index in [-0.39, 0.29) is 33.5 Å². The summed E-state index contributed by atoms with van der Waals surface area (Å²) in [6, 6.07) is 10.2. The highest BCUT2D eigenvalue weighted by Crippen LogP contribution is 2.38. The first-order chi connectivity index (χ1) is 13.7. The predicted molar refractivity (Wildman–Crippen MR) is 97.3 cm³/mol. The molecule has 0 aliphatic carbocycles. The van der Waals surface area contributed by atoms with Gasteiger partial charge in [-0.2, -0.15) is 13.2 Å². The molecule has 0 saturated carbocycles. The Kier molecular flexibility index (Phi) is 5.42. The molecule has 0 unspecified atom stereocenters. The Bertz CT molecular complexity index is 1100. The summed E-state index contributed by atoms with van der Waals surface area (Å²) in [4.78, 5) is -0.287. The van der Waals surface area contributed by atoms with Crippen molar-refractivity contribution >= 4 is 15.8 Å². The Hall–Kier alpha value is -3.21. The average molecular weight is 428 g/mol. The van der Waals surface area contributed by atoms with Crippen molar-refractivity contribution in [2.75, 3.05) is 18.9 Å². The van der Waals surface area contributed by atoms with Crippen molar-refractivity contribution < 1.29 is 35.6 Å². The van der Waals surface area contributed by atoms with Gasteiger partial charge in [-0.15, -0.1) is 0 Å². The molecule has 0 bridgehead atoms. The number of halogens is 3. The summed E-state index contributed by atoms with van der Waals surface area (Å²) in [5.41, 5.74) is -1.20. The Morgan fingerprint density at radius 2 is 1.62 bits per heavy atom. The summed E-state index contributed by atoms with van der Waals surface area (Å²) >= 11 is 0. The van der Waals surface area contributed by atoms with E-state index in [1.165, 1.54) is 44.6 Å². The van der Waals surface area contributed by atoms with Crippen LogP contribution in [0.2, 0.25) is 0 Å². The van der Waals surface area contributed by atoms with Crippen LogP contribution in [0.5, 0.6) is 11.5 Å². The van der Waals surface area contributed by atoms with Gasteiger partial charge in [0.2, 0.25) is 0 Å². The van der Waals surface area contributed by atoms with E-state index < -0.39 is 21.8 Å². The quantitative estimate of drug-likeness (QED) is 0.634. The zero-order valence-corrected chi connectivity index (χ0v) is 16.0. The van der Waals surface area contributed by atoms with Gasteiger partial charge in [0.25, 0.3) is 10.0 Å². The van der Waals surface area contributed by atoms with Crippen LogP contribution in [0, 0.1) is 0 Å². The number of nitrogens with zero attached hydrogens (tertiary/aromatic N) is 1. The number of benzene rings is 2. The molecule has 3 aromatic rings. The van der Waals surface area contributed by atoms with Crippen LogP contribution in [0.4, 0.5) is 19.0 Å². The second-order valence-corrected chi connectivity index (χ2v) is 7.34. The van der Waals surface area contributed by atoms with Gasteiger partial charge in [0.05, 0.1) is 19.8 Å². The zero-order chi connectivity index (χ0) is 21.2. The molecular formula is C18H15F3N2O5S. The van der Waals surface area contributed by atoms with Gasteiger partial charge < -0.3 is 14.0 Å². The van der Waals surface area contributed by atoms with Gasteiger partial charge in [-0.25, -0.2) is 8.42 Å². The fraction of sp³-hybridized carbons (Fsp3) is 0.167. The third-order valence-electron chi connectivity index (χ3n) is 3.90. The minimum Gasteiger partial charge on any atom is -0.495 e. The van der Waals surface area contributed by atoms with E-state index in [1.54, 1.807) is 6.07 Å². The normalized spacial score (nSPS) is 11.9. The van der Waals surface area contributed by atoms with Crippen molar-refractivity contribution in [3.05, 3.63) is 54.1 Å². The summed E-state index contributed by atoms with van der Waals surface area (Å²) in [7, 11) is -1.68. The molecule has 0 amide bonds. The molecule has 0 saturated heterocycles. The van der Waals surface area contributed by atoms with Gasteiger partial charge in [-0.1, -0.05) is 29.4 Å². The van der Waals surface area contributed by atoms with Gasteiger partial charge >= 0.3 is 6.18 Å². The largest absolute Gasteiger partial charge is 0.495 e. The fourth-order valence-corrected chi connectivity index (χ4v) is 3.97. The molecule has 1 N–H and O–H groups in total. The highest BCUT2D eigenvalue weighted by Gasteiger charge is 2.34. The lowest BCUT2D eigenvalue weighted by atomic mass is 10.1. The number of rotatable bonds is 6. The van der Waals surface area contributed by atoms with Crippen LogP contribution in [0.3, 0.4) is 0 Å². The molecule has 7 nitrogen and oxygen atoms in total. The van der Waals surface area contributed by atoms with Crippen LogP contribution in [-0.2, 0) is 16.2 Å². The number of methoxy groups -OCH3 is 2. The van der Waals surface area contributed by atoms with Crippen LogP contribution < -0.4 is 14.2 Å². The summed E-state index contributed by atoms with van der Waals surface area (Å²) in [5, 5.41) is 3.52. The topological polar surface area (TPSA) is 90.7 Å². The lowest BCUT2D eigenvalue weighted by Crippen LogP contribution is -2.15. The molecular weight excluding hydrogens is 413 g/mol. The molecule has 2 aromatic carbocycles. The Balaban J connectivity index is 1.98. The first-order valence-corrected chi connectivity index (χ1v) is 9.53. The predicted octanol–water partition coefficient (Wildman–Crippen LogP) is 4.18. The standard InChI is InChI=1S/C18H15F3N2O5S/c1-26-13-8-5-9-14(27-2)17(13)29(24,25)23-16-10-15(28-22-16)11-6-3-4-7-12(11)18(19,20)21/h3-10H,1-2H3,(H,22,23). The highest BCUT2D eigenvalue weighted by atomic mass is 32.2. The van der Waals surface area contributed by atoms with E-state index in [0.717, 1.165) is 12.1 Å². The van der Waals surface area contributed by atoms with Crippen molar-refractivity contribution in [2.24, 2.45) is 0 Å². The van der Waals surface area contributed by atoms with E-state index >= 15 is 0 Å². The van der Waals surface area contributed by atoms with Crippen molar-refractivity contribution in [2.45, 2.75) is 11.1 Å². The van der Waals surface area contributed by atoms with E-state index in [2.05, 4.69) is 9.88 Å². The summed E-state index contributed by atoms with van der Waals surface area (Å²) in [6.45, 7) is 0. The number of hydrogen-bond acceptors (Lipinski definition) is 6. The minimum absolute atomic E-state index is 0.0167. The second kappa shape index (κ2) is 7.66. The van der Waals surface area contributed by atoms with Gasteiger partial charge in [0.15, 0.2) is 16.5 Å². The maximum atomic E-state index is 13.2. The molecule has 0 atom stereocenters. The molecule has 1 heterocycles. The highest BCUT2D eigenvalue weighted by molar-refractivity contribution is 7.93. The maximum Gasteiger partial charge on any atom is 0.417 e. The first-order valence-electron chi connectivity index (χ1n) is 8.04. The number of alkyl halides is 3. The molecule has 0 spiro atoms. The number of anilines is 1. The lowest BCUT2D eigenvalue weighted by molar-refractivity contribution is -0.137. The van der Waals surface area contributed by atoms with E-state index in [9.17, 15) is 21.6 Å². The molecule has 29 heavy (non-hydrogen) atoms. The smallest absolute Gasteiger partial charge is 0.417 e. The van der Waals surface area contributed by atoms with Crippen LogP contribution in [0.25, 0.3) is 11.3 Å². The van der Waals surface area contributed by atoms with E-state index in [0.29, 0.717) is 0 Å². The number of ether oxygens (including phenoxy) is 2. The Labute approximate surface area is 164 Å². The van der Waals surface area contributed by atoms with Gasteiger partial charge in [-0.05, 0) is 18.2 Å². The fourth-order valence-electron chi connectivity index (χ4n) is 2.67. The third kappa shape index (κ3) is 4.14. The molecule has 0 aliphatic heterocycles. The molecule has 1 aromatic heterocycles. The van der Waals surface area contributed by atoms with Crippen LogP contribution in [0.15, 0.2) is 57.9 Å². The number of aromatic nitrogens is 1. The number of sulfonamides is 1. The Morgan fingerprint density at radius 3 is 2.21 bits per heavy atom. The average Bonchev–Trinajstić information content (AvgIpc) is 3.14. The van der Waals surface area contributed by atoms with Crippen molar-refractivity contribution in [1.82, 2.24) is 5.16 Å². The Morgan fingerprint density at radius 1 is 1.00 bits per heavy atom. The van der Waals surface area contributed by atoms with Crippen LogP contribution in [0.1, 0.15) is 5.56 Å². The molecule has 0 radical (unpaired) electrons. The molecule has 3 rings (SSSR count). The first kappa shape index (κ1) is 20.5. The van der Waals surface area contributed by atoms with Crippen LogP contribution >= 0.6 is 0 Å². The minimum atomic E-state index is -4.62. The van der Waals surface area contributed by atoms with E-state index in [1.807, 2.05) is 0 Å². The number of hydrogen-bond donors (Lipinski definition) is 1. The molecule has 11 heteroatoms. The molecule has 0 aliphatic rings. The van der Waals surface area contributed by atoms with E-state index in [4.69, 9.17) is 14.0 Å². The SMILES string of the molecule is COc1cccc(OC)c1S(=O)(=O)Nc1cc(-c2ccccc2C(F)(F)F)on1. The lowest BCUT2D eigenvalue weighted by Gasteiger charge is -2.13. The van der Waals surface area contributed by atoms with Crippen LogP contribution in [-0.4, -0.2) is 27.8 Å². The maximum absolute atomic E-state index is 13.2. The van der Waals surface area contributed by atoms with Crippen molar-refractivity contribution in [3.63, 3.8) is 0 Å². The van der Waals surface area contributed by atoms with Gasteiger partial charge in [-0.3, -0.25) is 4.72 Å². The monoisotopic (exact) mass is 428 g/mol. The summed E-state index contributed by atoms with van der Waals surface area (Å²) in [6.07, 6.45) is -4.62. The third-order valence-corrected chi connectivity index (χ3v) is 5.32. The summed E-state index contributed by atoms with van der Waals surface area (Å²) < 4.78 is 82.4.